The molecule has 1 aliphatic heterocycles. The number of aromatic nitrogens is 3. The molecule has 2 aromatic heterocycles. The first-order valence-corrected chi connectivity index (χ1v) is 9.78. The first-order valence-electron chi connectivity index (χ1n) is 7.01. The normalized spacial score (nSPS) is 19.3. The molecule has 1 N–H and O–H groups in total. The number of hydrogen-bond acceptors (Lipinski definition) is 6. The van der Waals surface area contributed by atoms with Crippen LogP contribution in [0, 0.1) is 6.92 Å². The molecule has 0 bridgehead atoms. The van der Waals surface area contributed by atoms with Gasteiger partial charge in [0.2, 0.25) is 10.0 Å². The van der Waals surface area contributed by atoms with Gasteiger partial charge < -0.3 is 0 Å². The Bertz CT molecular complexity index is 752. The summed E-state index contributed by atoms with van der Waals surface area (Å²) in [7, 11) is -3.20. The lowest BCUT2D eigenvalue weighted by Gasteiger charge is -2.33. The zero-order chi connectivity index (χ0) is 15.7. The number of rotatable bonds is 5. The summed E-state index contributed by atoms with van der Waals surface area (Å²) in [5, 5.41) is 7.46. The van der Waals surface area contributed by atoms with E-state index in [1.807, 2.05) is 17.7 Å². The van der Waals surface area contributed by atoms with E-state index in [2.05, 4.69) is 25.1 Å². The molecule has 0 saturated heterocycles. The van der Waals surface area contributed by atoms with Crippen LogP contribution in [0.2, 0.25) is 0 Å². The Morgan fingerprint density at radius 1 is 1.50 bits per heavy atom. The van der Waals surface area contributed by atoms with Crippen molar-refractivity contribution < 1.29 is 8.42 Å². The smallest absolute Gasteiger partial charge is 0.208 e. The van der Waals surface area contributed by atoms with E-state index in [1.165, 1.54) is 6.26 Å². The minimum atomic E-state index is -3.20. The minimum absolute atomic E-state index is 0.00629. The Morgan fingerprint density at radius 2 is 2.32 bits per heavy atom. The first kappa shape index (κ1) is 15.6. The van der Waals surface area contributed by atoms with Crippen molar-refractivity contribution >= 4 is 21.4 Å². The molecule has 0 radical (unpaired) electrons. The summed E-state index contributed by atoms with van der Waals surface area (Å²) in [4.78, 5) is 6.78. The standard InChI is InChI=1S/C13H19N5O2S2/c1-10-16-11(9-21-10)6-17-7-12-3-4-14-18(12)13(8-17)5-15-22(2,19)20/h3-4,9,13,15H,5-8H2,1-2H3/t13-/m1/s1. The van der Waals surface area contributed by atoms with E-state index < -0.39 is 10.0 Å². The number of nitrogens with zero attached hydrogens (tertiary/aromatic N) is 4. The Labute approximate surface area is 134 Å². The van der Waals surface area contributed by atoms with Crippen molar-refractivity contribution in [3.63, 3.8) is 0 Å². The molecule has 3 rings (SSSR count). The highest BCUT2D eigenvalue weighted by atomic mass is 32.2. The van der Waals surface area contributed by atoms with Gasteiger partial charge in [-0.1, -0.05) is 0 Å². The Kier molecular flexibility index (Phi) is 4.31. The average Bonchev–Trinajstić information content (AvgIpc) is 3.04. The fourth-order valence-electron chi connectivity index (χ4n) is 2.69. The molecule has 9 heteroatoms. The molecule has 0 aromatic carbocycles. The first-order chi connectivity index (χ1) is 10.4. The van der Waals surface area contributed by atoms with Gasteiger partial charge in [0, 0.05) is 37.8 Å². The maximum Gasteiger partial charge on any atom is 0.208 e. The number of hydrogen-bond donors (Lipinski definition) is 1. The number of sulfonamides is 1. The highest BCUT2D eigenvalue weighted by Gasteiger charge is 2.26. The van der Waals surface area contributed by atoms with E-state index in [-0.39, 0.29) is 6.04 Å². The van der Waals surface area contributed by atoms with Gasteiger partial charge in [-0.3, -0.25) is 9.58 Å². The predicted molar refractivity (Wildman–Crippen MR) is 85.1 cm³/mol. The van der Waals surface area contributed by atoms with Crippen LogP contribution in [0.5, 0.6) is 0 Å². The fourth-order valence-corrected chi connectivity index (χ4v) is 3.79. The molecule has 22 heavy (non-hydrogen) atoms. The summed E-state index contributed by atoms with van der Waals surface area (Å²) in [6, 6.07) is 1.97. The lowest BCUT2D eigenvalue weighted by molar-refractivity contribution is 0.166. The van der Waals surface area contributed by atoms with Gasteiger partial charge in [0.1, 0.15) is 0 Å². The number of thiazole rings is 1. The van der Waals surface area contributed by atoms with Gasteiger partial charge in [-0.2, -0.15) is 5.10 Å². The largest absolute Gasteiger partial charge is 0.290 e. The molecule has 1 aliphatic rings. The summed E-state index contributed by atoms with van der Waals surface area (Å²) in [5.41, 5.74) is 2.16. The second-order valence-electron chi connectivity index (χ2n) is 5.57. The van der Waals surface area contributed by atoms with Crippen molar-refractivity contribution in [2.75, 3.05) is 19.3 Å². The summed E-state index contributed by atoms with van der Waals surface area (Å²) in [5.74, 6) is 0. The molecule has 1 atom stereocenters. The summed E-state index contributed by atoms with van der Waals surface area (Å²) >= 11 is 1.65. The van der Waals surface area contributed by atoms with Crippen molar-refractivity contribution in [3.8, 4) is 0 Å². The maximum absolute atomic E-state index is 11.3. The van der Waals surface area contributed by atoms with Crippen LogP contribution in [0.25, 0.3) is 0 Å². The summed E-state index contributed by atoms with van der Waals surface area (Å²) in [6.07, 6.45) is 2.94. The third kappa shape index (κ3) is 3.72. The van der Waals surface area contributed by atoms with Crippen LogP contribution in [0.3, 0.4) is 0 Å². The van der Waals surface area contributed by atoms with Crippen molar-refractivity contribution in [2.24, 2.45) is 0 Å². The van der Waals surface area contributed by atoms with Gasteiger partial charge in [0.25, 0.3) is 0 Å². The zero-order valence-corrected chi connectivity index (χ0v) is 14.2. The van der Waals surface area contributed by atoms with Crippen LogP contribution >= 0.6 is 11.3 Å². The molecular formula is C13H19N5O2S2. The van der Waals surface area contributed by atoms with Gasteiger partial charge in [0.15, 0.2) is 0 Å². The molecule has 0 saturated carbocycles. The molecule has 0 amide bonds. The Hall–Kier alpha value is -1.29. The second-order valence-corrected chi connectivity index (χ2v) is 8.46. The molecule has 2 aromatic rings. The molecule has 0 unspecified atom stereocenters. The topological polar surface area (TPSA) is 80.1 Å². The minimum Gasteiger partial charge on any atom is -0.290 e. The van der Waals surface area contributed by atoms with E-state index in [0.717, 1.165) is 36.0 Å². The second kappa shape index (κ2) is 6.07. The van der Waals surface area contributed by atoms with Crippen molar-refractivity contribution in [3.05, 3.63) is 34.0 Å². The van der Waals surface area contributed by atoms with Crippen LogP contribution in [-0.4, -0.2) is 47.4 Å². The van der Waals surface area contributed by atoms with E-state index >= 15 is 0 Å². The van der Waals surface area contributed by atoms with Crippen LogP contribution in [0.1, 0.15) is 22.4 Å². The highest BCUT2D eigenvalue weighted by Crippen LogP contribution is 2.22. The molecule has 3 heterocycles. The van der Waals surface area contributed by atoms with Crippen LogP contribution in [-0.2, 0) is 23.1 Å². The lowest BCUT2D eigenvalue weighted by atomic mass is 10.2. The monoisotopic (exact) mass is 341 g/mol. The number of fused-ring (bicyclic) bond motifs is 1. The maximum atomic E-state index is 11.3. The quantitative estimate of drug-likeness (QED) is 0.868. The average molecular weight is 341 g/mol. The van der Waals surface area contributed by atoms with E-state index in [1.54, 1.807) is 17.5 Å². The van der Waals surface area contributed by atoms with Gasteiger partial charge in [-0.25, -0.2) is 18.1 Å². The number of aryl methyl sites for hydroxylation is 1. The number of nitrogens with one attached hydrogen (secondary N) is 1. The summed E-state index contributed by atoms with van der Waals surface area (Å²) < 4.78 is 27.2. The molecule has 120 valence electrons. The van der Waals surface area contributed by atoms with E-state index in [0.29, 0.717) is 6.54 Å². The Balaban J connectivity index is 1.73. The lowest BCUT2D eigenvalue weighted by Crippen LogP contribution is -2.42. The van der Waals surface area contributed by atoms with Crippen molar-refractivity contribution in [2.45, 2.75) is 26.1 Å². The third-order valence-corrected chi connectivity index (χ3v) is 5.10. The van der Waals surface area contributed by atoms with Crippen LogP contribution in [0.15, 0.2) is 17.6 Å². The summed E-state index contributed by atoms with van der Waals surface area (Å²) in [6.45, 7) is 4.66. The Morgan fingerprint density at radius 3 is 3.00 bits per heavy atom. The van der Waals surface area contributed by atoms with Crippen LogP contribution < -0.4 is 4.72 Å². The zero-order valence-electron chi connectivity index (χ0n) is 12.6. The van der Waals surface area contributed by atoms with E-state index in [4.69, 9.17) is 0 Å². The van der Waals surface area contributed by atoms with Crippen LogP contribution in [0.4, 0.5) is 0 Å². The van der Waals surface area contributed by atoms with Gasteiger partial charge in [-0.15, -0.1) is 11.3 Å². The van der Waals surface area contributed by atoms with Crippen molar-refractivity contribution in [1.82, 2.24) is 24.4 Å². The fraction of sp³-hybridized carbons (Fsp3) is 0.538. The molecule has 0 fully saturated rings. The molecule has 0 aliphatic carbocycles. The van der Waals surface area contributed by atoms with Gasteiger partial charge >= 0.3 is 0 Å². The SMILES string of the molecule is Cc1nc(CN2Cc3ccnn3[C@H](CNS(C)(=O)=O)C2)cs1. The predicted octanol–water partition coefficient (Wildman–Crippen LogP) is 0.754. The molecular weight excluding hydrogens is 322 g/mol. The van der Waals surface area contributed by atoms with E-state index in [9.17, 15) is 8.42 Å². The van der Waals surface area contributed by atoms with Gasteiger partial charge in [-0.05, 0) is 13.0 Å². The molecule has 0 spiro atoms. The van der Waals surface area contributed by atoms with Gasteiger partial charge in [0.05, 0.1) is 28.7 Å². The third-order valence-electron chi connectivity index (χ3n) is 3.59. The van der Waals surface area contributed by atoms with Crippen molar-refractivity contribution in [1.29, 1.82) is 0 Å². The highest BCUT2D eigenvalue weighted by molar-refractivity contribution is 7.88. The molecule has 7 nitrogen and oxygen atoms in total.